The van der Waals surface area contributed by atoms with Crippen molar-refractivity contribution in [2.45, 2.75) is 94.8 Å². The average Bonchev–Trinajstić information content (AvgIpc) is 2.58. The third kappa shape index (κ3) is 4.01. The molecule has 4 unspecified atom stereocenters. The van der Waals surface area contributed by atoms with Crippen LogP contribution in [0.4, 0.5) is 0 Å². The van der Waals surface area contributed by atoms with Crippen molar-refractivity contribution in [3.8, 4) is 0 Å². The van der Waals surface area contributed by atoms with Gasteiger partial charge in [-0.05, 0) is 26.7 Å². The Kier molecular flexibility index (Phi) is 6.33. The van der Waals surface area contributed by atoms with Crippen LogP contribution in [0.25, 0.3) is 0 Å². The van der Waals surface area contributed by atoms with Gasteiger partial charge in [0.1, 0.15) is 24.4 Å². The normalized spacial score (nSPS) is 52.6. The Labute approximate surface area is 147 Å². The maximum absolute atomic E-state index is 10.5. The second-order valence-corrected chi connectivity index (χ2v) is 7.37. The summed E-state index contributed by atoms with van der Waals surface area (Å²) in [4.78, 5) is 0. The minimum Gasteiger partial charge on any atom is -0.390 e. The number of ether oxygens (including phenoxy) is 4. The highest BCUT2D eigenvalue weighted by Crippen LogP contribution is 2.33. The fourth-order valence-electron chi connectivity index (χ4n) is 3.95. The number of aliphatic hydroxyl groups excluding tert-OH is 4. The van der Waals surface area contributed by atoms with E-state index in [1.807, 2.05) is 6.92 Å². The van der Waals surface area contributed by atoms with Crippen LogP contribution in [0.15, 0.2) is 0 Å². The topological polar surface area (TPSA) is 118 Å². The van der Waals surface area contributed by atoms with E-state index in [2.05, 4.69) is 0 Å². The second-order valence-electron chi connectivity index (χ2n) is 7.37. The molecule has 10 atom stereocenters. The van der Waals surface area contributed by atoms with E-state index in [1.165, 1.54) is 0 Å². The molecule has 0 aromatic heterocycles. The van der Waals surface area contributed by atoms with E-state index in [0.29, 0.717) is 6.61 Å². The standard InChI is InChI=1S/C17H30O8/c1-8-10-6-4-3-5-7-22-16-14(21)12(19)15(9(2)24-16)25-17(23-8)13(20)11(10)18/h8-21H,3-7H2,1-2H3/t8?,9?,10?,11-,12+,13+,14+,15?,16+,17-/m1/s1. The Morgan fingerprint density at radius 3 is 2.12 bits per heavy atom. The molecule has 5 saturated heterocycles. The smallest absolute Gasteiger partial charge is 0.186 e. The molecule has 146 valence electrons. The second kappa shape index (κ2) is 8.14. The van der Waals surface area contributed by atoms with Gasteiger partial charge in [0.05, 0.1) is 18.3 Å². The van der Waals surface area contributed by atoms with Crippen LogP contribution < -0.4 is 0 Å². The molecule has 5 aliphatic heterocycles. The maximum atomic E-state index is 10.5. The molecule has 0 saturated carbocycles. The molecule has 0 spiro atoms. The lowest BCUT2D eigenvalue weighted by Crippen LogP contribution is -2.62. The molecular formula is C17H30O8. The van der Waals surface area contributed by atoms with Crippen LogP contribution in [-0.2, 0) is 18.9 Å². The van der Waals surface area contributed by atoms with Gasteiger partial charge < -0.3 is 39.4 Å². The first-order valence-electron chi connectivity index (χ1n) is 9.20. The lowest BCUT2D eigenvalue weighted by Gasteiger charge is -2.46. The van der Waals surface area contributed by atoms with E-state index in [-0.39, 0.29) is 12.0 Å². The summed E-state index contributed by atoms with van der Waals surface area (Å²) in [7, 11) is 0. The monoisotopic (exact) mass is 362 g/mol. The van der Waals surface area contributed by atoms with Crippen LogP contribution in [0.1, 0.15) is 39.5 Å². The van der Waals surface area contributed by atoms with Gasteiger partial charge in [0.25, 0.3) is 0 Å². The van der Waals surface area contributed by atoms with E-state index in [9.17, 15) is 20.4 Å². The Hall–Kier alpha value is -0.320. The fourth-order valence-corrected chi connectivity index (χ4v) is 3.95. The van der Waals surface area contributed by atoms with Gasteiger partial charge in [-0.2, -0.15) is 0 Å². The fraction of sp³-hybridized carbons (Fsp3) is 1.00. The Morgan fingerprint density at radius 2 is 1.36 bits per heavy atom. The molecule has 0 radical (unpaired) electrons. The van der Waals surface area contributed by atoms with Crippen LogP contribution in [0.3, 0.4) is 0 Å². The number of aliphatic hydroxyl groups is 4. The summed E-state index contributed by atoms with van der Waals surface area (Å²) in [5.74, 6) is -0.179. The third-order valence-electron chi connectivity index (χ3n) is 5.55. The number of hydrogen-bond donors (Lipinski definition) is 4. The zero-order chi connectivity index (χ0) is 18.1. The van der Waals surface area contributed by atoms with Crippen LogP contribution in [-0.4, -0.2) is 82.3 Å². The van der Waals surface area contributed by atoms with E-state index in [4.69, 9.17) is 18.9 Å². The Balaban J connectivity index is 1.81. The minimum atomic E-state index is -1.26. The van der Waals surface area contributed by atoms with Crippen LogP contribution in [0.2, 0.25) is 0 Å². The summed E-state index contributed by atoms with van der Waals surface area (Å²) in [6.45, 7) is 3.96. The summed E-state index contributed by atoms with van der Waals surface area (Å²) in [5.41, 5.74) is 0. The zero-order valence-electron chi connectivity index (χ0n) is 14.7. The van der Waals surface area contributed by atoms with E-state index >= 15 is 0 Å². The lowest BCUT2D eigenvalue weighted by molar-refractivity contribution is -0.348. The summed E-state index contributed by atoms with van der Waals surface area (Å²) in [5, 5.41) is 41.6. The predicted molar refractivity (Wildman–Crippen MR) is 85.5 cm³/mol. The Bertz CT molecular complexity index is 435. The van der Waals surface area contributed by atoms with Crippen LogP contribution in [0, 0.1) is 5.92 Å². The SMILES string of the molecule is CC1O[C@@H]2OC3C(C)O[C@H](OCCCCCC1[C@@H](O)[C@@H]2O)[C@@H](O)[C@@H]3O. The molecule has 8 heteroatoms. The van der Waals surface area contributed by atoms with E-state index in [0.717, 1.165) is 25.7 Å². The Morgan fingerprint density at radius 1 is 0.680 bits per heavy atom. The number of rotatable bonds is 0. The van der Waals surface area contributed by atoms with Crippen molar-refractivity contribution >= 4 is 0 Å². The van der Waals surface area contributed by atoms with Gasteiger partial charge in [0.2, 0.25) is 0 Å². The first-order valence-corrected chi connectivity index (χ1v) is 9.20. The highest BCUT2D eigenvalue weighted by Gasteiger charge is 2.49. The van der Waals surface area contributed by atoms with Crippen molar-refractivity contribution in [1.29, 1.82) is 0 Å². The van der Waals surface area contributed by atoms with Gasteiger partial charge in [-0.3, -0.25) is 0 Å². The lowest BCUT2D eigenvalue weighted by atomic mass is 9.85. The van der Waals surface area contributed by atoms with Crippen LogP contribution >= 0.6 is 0 Å². The van der Waals surface area contributed by atoms with Crippen molar-refractivity contribution < 1.29 is 39.4 Å². The molecule has 5 fully saturated rings. The predicted octanol–water partition coefficient (Wildman–Crippen LogP) is -0.488. The molecule has 0 aromatic carbocycles. The quantitative estimate of drug-likeness (QED) is 0.456. The van der Waals surface area contributed by atoms with Crippen molar-refractivity contribution in [3.05, 3.63) is 0 Å². The molecule has 4 bridgehead atoms. The molecule has 5 rings (SSSR count). The summed E-state index contributed by atoms with van der Waals surface area (Å²) < 4.78 is 22.7. The minimum absolute atomic E-state index is 0.179. The first kappa shape index (κ1) is 19.4. The summed E-state index contributed by atoms with van der Waals surface area (Å²) in [6.07, 6.45) is -5.23. The molecule has 0 aromatic rings. The van der Waals surface area contributed by atoms with Gasteiger partial charge in [-0.25, -0.2) is 0 Å². The molecule has 25 heavy (non-hydrogen) atoms. The van der Waals surface area contributed by atoms with Crippen molar-refractivity contribution in [2.24, 2.45) is 5.92 Å². The molecule has 5 heterocycles. The van der Waals surface area contributed by atoms with Gasteiger partial charge in [0, 0.05) is 12.5 Å². The zero-order valence-corrected chi connectivity index (χ0v) is 14.7. The van der Waals surface area contributed by atoms with E-state index in [1.54, 1.807) is 6.92 Å². The highest BCUT2D eigenvalue weighted by molar-refractivity contribution is 4.92. The van der Waals surface area contributed by atoms with Gasteiger partial charge in [0.15, 0.2) is 12.6 Å². The molecule has 8 nitrogen and oxygen atoms in total. The summed E-state index contributed by atoms with van der Waals surface area (Å²) in [6, 6.07) is 0. The van der Waals surface area contributed by atoms with Crippen molar-refractivity contribution in [1.82, 2.24) is 0 Å². The van der Waals surface area contributed by atoms with E-state index < -0.39 is 49.2 Å². The highest BCUT2D eigenvalue weighted by atomic mass is 16.7. The van der Waals surface area contributed by atoms with Crippen molar-refractivity contribution in [2.75, 3.05) is 6.61 Å². The average molecular weight is 362 g/mol. The molecule has 0 amide bonds. The van der Waals surface area contributed by atoms with Crippen molar-refractivity contribution in [3.63, 3.8) is 0 Å². The molecular weight excluding hydrogens is 332 g/mol. The largest absolute Gasteiger partial charge is 0.390 e. The molecule has 0 aliphatic carbocycles. The van der Waals surface area contributed by atoms with Gasteiger partial charge in [-0.1, -0.05) is 12.8 Å². The molecule has 5 aliphatic rings. The van der Waals surface area contributed by atoms with Gasteiger partial charge >= 0.3 is 0 Å². The number of fused-ring (bicyclic) bond motifs is 2. The maximum Gasteiger partial charge on any atom is 0.186 e. The number of hydrogen-bond acceptors (Lipinski definition) is 8. The molecule has 4 N–H and O–H groups in total. The summed E-state index contributed by atoms with van der Waals surface area (Å²) >= 11 is 0. The first-order chi connectivity index (χ1) is 11.9. The van der Waals surface area contributed by atoms with Crippen LogP contribution in [0.5, 0.6) is 0 Å². The van der Waals surface area contributed by atoms with Gasteiger partial charge in [-0.15, -0.1) is 0 Å². The third-order valence-corrected chi connectivity index (χ3v) is 5.55.